The zero-order valence-corrected chi connectivity index (χ0v) is 31.5. The van der Waals surface area contributed by atoms with Crippen molar-refractivity contribution in [3.8, 4) is 17.2 Å². The highest BCUT2D eigenvalue weighted by atomic mass is 16.6. The van der Waals surface area contributed by atoms with Crippen LogP contribution in [0.25, 0.3) is 11.0 Å². The molecule has 1 amide bonds. The summed E-state index contributed by atoms with van der Waals surface area (Å²) in [5, 5.41) is 0. The van der Waals surface area contributed by atoms with Crippen LogP contribution in [0.15, 0.2) is 83.5 Å². The van der Waals surface area contributed by atoms with Crippen molar-refractivity contribution in [3.05, 3.63) is 107 Å². The van der Waals surface area contributed by atoms with Gasteiger partial charge < -0.3 is 33.0 Å². The van der Waals surface area contributed by atoms with E-state index < -0.39 is 5.97 Å². The summed E-state index contributed by atoms with van der Waals surface area (Å²) in [6.07, 6.45) is 5.35. The molecule has 2 saturated heterocycles. The molecule has 0 spiro atoms. The molecule has 7 rings (SSSR count). The Balaban J connectivity index is 1.06. The van der Waals surface area contributed by atoms with Gasteiger partial charge in [0.05, 0.1) is 43.6 Å². The molecule has 11 heteroatoms. The van der Waals surface area contributed by atoms with E-state index in [9.17, 15) is 14.4 Å². The Morgan fingerprint density at radius 1 is 0.926 bits per heavy atom. The number of piperidine rings is 1. The van der Waals surface area contributed by atoms with Crippen LogP contribution in [0.4, 0.5) is 0 Å². The number of Topliss-reactive ketones (excluding diaryl/α,β-unsaturated/α-hetero) is 1. The number of likely N-dealkylation sites (tertiary alicyclic amines) is 2. The number of fused-ring (bicyclic) bond motifs is 1. The lowest BCUT2D eigenvalue weighted by molar-refractivity contribution is -0.132. The highest BCUT2D eigenvalue weighted by Crippen LogP contribution is 2.44. The summed E-state index contributed by atoms with van der Waals surface area (Å²) in [5.74, 6) is 1.43. The lowest BCUT2D eigenvalue weighted by Crippen LogP contribution is -2.41. The summed E-state index contributed by atoms with van der Waals surface area (Å²) in [7, 11) is 3.06. The standard InChI is InChI=1S/C43H48N4O7/c1-5-33-37(51-3)26-34(40(39(33)52-4)54-29(2)48)42(50)46-24-20-43(28-46,31-12-7-6-8-13-31)19-23-45-21-17-30(18-22-45)38(49)41-44-35-15-9-10-16-36(35)47(41)27-32-14-11-25-53-32/h6-16,25-26,30H,5,17-24,27-28H2,1-4H3. The number of methoxy groups -OCH3 is 2. The number of hydrogen-bond acceptors (Lipinski definition) is 9. The van der Waals surface area contributed by atoms with Crippen LogP contribution in [0.2, 0.25) is 0 Å². The molecule has 0 bridgehead atoms. The minimum absolute atomic E-state index is 0.0801. The van der Waals surface area contributed by atoms with E-state index in [1.807, 2.05) is 58.9 Å². The number of amides is 1. The monoisotopic (exact) mass is 732 g/mol. The summed E-state index contributed by atoms with van der Waals surface area (Å²) in [4.78, 5) is 49.7. The zero-order chi connectivity index (χ0) is 37.8. The molecule has 4 heterocycles. The summed E-state index contributed by atoms with van der Waals surface area (Å²) in [6, 6.07) is 23.7. The Hall–Kier alpha value is -5.42. The first kappa shape index (κ1) is 36.9. The second kappa shape index (κ2) is 15.9. The first-order valence-electron chi connectivity index (χ1n) is 18.8. The minimum Gasteiger partial charge on any atom is -0.496 e. The third-order valence-corrected chi connectivity index (χ3v) is 11.2. The van der Waals surface area contributed by atoms with E-state index in [0.29, 0.717) is 43.4 Å². The molecule has 5 aromatic rings. The molecular weight excluding hydrogens is 684 g/mol. The fourth-order valence-corrected chi connectivity index (χ4v) is 8.34. The fourth-order valence-electron chi connectivity index (χ4n) is 8.34. The highest BCUT2D eigenvalue weighted by Gasteiger charge is 2.43. The fraction of sp³-hybridized carbons (Fsp3) is 0.395. The number of ketones is 1. The first-order valence-corrected chi connectivity index (χ1v) is 18.8. The Bertz CT molecular complexity index is 2120. The summed E-state index contributed by atoms with van der Waals surface area (Å²) >= 11 is 0. The molecule has 0 aliphatic carbocycles. The van der Waals surface area contributed by atoms with Gasteiger partial charge in [0.2, 0.25) is 5.78 Å². The van der Waals surface area contributed by atoms with Crippen LogP contribution >= 0.6 is 0 Å². The maximum Gasteiger partial charge on any atom is 0.308 e. The van der Waals surface area contributed by atoms with E-state index in [-0.39, 0.29) is 34.3 Å². The average Bonchev–Trinajstić information content (AvgIpc) is 3.97. The van der Waals surface area contributed by atoms with Crippen LogP contribution < -0.4 is 14.2 Å². The number of furan rings is 1. The van der Waals surface area contributed by atoms with E-state index >= 15 is 0 Å². The van der Waals surface area contributed by atoms with Gasteiger partial charge in [-0.15, -0.1) is 0 Å². The second-order valence-corrected chi connectivity index (χ2v) is 14.4. The average molecular weight is 733 g/mol. The molecule has 0 saturated carbocycles. The number of benzene rings is 3. The number of para-hydroxylation sites is 2. The molecule has 0 radical (unpaired) electrons. The summed E-state index contributed by atoms with van der Waals surface area (Å²) < 4.78 is 24.6. The lowest BCUT2D eigenvalue weighted by Gasteiger charge is -2.36. The van der Waals surface area contributed by atoms with Gasteiger partial charge in [-0.3, -0.25) is 14.4 Å². The van der Waals surface area contributed by atoms with Crippen molar-refractivity contribution in [2.75, 3.05) is 46.9 Å². The molecule has 0 N–H and O–H groups in total. The number of carbonyl (C=O) groups excluding carboxylic acids is 3. The van der Waals surface area contributed by atoms with Crippen molar-refractivity contribution in [2.45, 2.75) is 57.9 Å². The van der Waals surface area contributed by atoms with Crippen LogP contribution in [-0.2, 0) is 23.2 Å². The maximum atomic E-state index is 14.4. The Morgan fingerprint density at radius 2 is 1.69 bits per heavy atom. The number of hydrogen-bond donors (Lipinski definition) is 0. The van der Waals surface area contributed by atoms with Crippen LogP contribution in [0, 0.1) is 5.92 Å². The first-order chi connectivity index (χ1) is 26.2. The quantitative estimate of drug-likeness (QED) is 0.0721. The maximum absolute atomic E-state index is 14.4. The van der Waals surface area contributed by atoms with Crippen LogP contribution in [-0.4, -0.2) is 84.0 Å². The van der Waals surface area contributed by atoms with Gasteiger partial charge in [-0.25, -0.2) is 4.98 Å². The Morgan fingerprint density at radius 3 is 2.37 bits per heavy atom. The van der Waals surface area contributed by atoms with Crippen molar-refractivity contribution in [1.29, 1.82) is 0 Å². The predicted molar refractivity (Wildman–Crippen MR) is 205 cm³/mol. The van der Waals surface area contributed by atoms with E-state index in [2.05, 4.69) is 29.2 Å². The molecule has 2 aromatic heterocycles. The lowest BCUT2D eigenvalue weighted by atomic mass is 9.76. The van der Waals surface area contributed by atoms with E-state index in [1.165, 1.54) is 19.6 Å². The SMILES string of the molecule is CCc1c(OC)cc(C(=O)N2CCC(CCN3CCC(C(=O)c4nc5ccccc5n4Cc4ccco4)CC3)(c3ccccc3)C2)c(OC(C)=O)c1OC. The van der Waals surface area contributed by atoms with Gasteiger partial charge in [-0.1, -0.05) is 49.4 Å². The number of rotatable bonds is 13. The van der Waals surface area contributed by atoms with Gasteiger partial charge >= 0.3 is 5.97 Å². The Labute approximate surface area is 315 Å². The largest absolute Gasteiger partial charge is 0.496 e. The highest BCUT2D eigenvalue weighted by molar-refractivity contribution is 6.00. The number of esters is 1. The third kappa shape index (κ3) is 7.24. The molecular formula is C43H48N4O7. The van der Waals surface area contributed by atoms with Crippen LogP contribution in [0.5, 0.6) is 17.2 Å². The third-order valence-electron chi connectivity index (χ3n) is 11.2. The molecule has 54 heavy (non-hydrogen) atoms. The molecule has 1 unspecified atom stereocenters. The topological polar surface area (TPSA) is 116 Å². The predicted octanol–water partition coefficient (Wildman–Crippen LogP) is 6.95. The van der Waals surface area contributed by atoms with Crippen molar-refractivity contribution < 1.29 is 33.0 Å². The van der Waals surface area contributed by atoms with Gasteiger partial charge in [-0.2, -0.15) is 0 Å². The van der Waals surface area contributed by atoms with Crippen molar-refractivity contribution in [2.24, 2.45) is 5.92 Å². The van der Waals surface area contributed by atoms with Gasteiger partial charge in [0.1, 0.15) is 11.5 Å². The minimum atomic E-state index is -0.535. The van der Waals surface area contributed by atoms with Crippen LogP contribution in [0.1, 0.15) is 77.4 Å². The Kier molecular flexibility index (Phi) is 10.9. The van der Waals surface area contributed by atoms with Crippen molar-refractivity contribution in [3.63, 3.8) is 0 Å². The number of ether oxygens (including phenoxy) is 3. The van der Waals surface area contributed by atoms with E-state index in [0.717, 1.165) is 67.7 Å². The number of aromatic nitrogens is 2. The number of carbonyl (C=O) groups is 3. The van der Waals surface area contributed by atoms with Gasteiger partial charge in [-0.05, 0) is 87.6 Å². The second-order valence-electron chi connectivity index (χ2n) is 14.4. The number of nitrogens with zero attached hydrogens (tertiary/aromatic N) is 4. The summed E-state index contributed by atoms with van der Waals surface area (Å²) in [6.45, 7) is 7.21. The number of imidazole rings is 1. The molecule has 2 fully saturated rings. The smallest absolute Gasteiger partial charge is 0.308 e. The van der Waals surface area contributed by atoms with Gasteiger partial charge in [0.15, 0.2) is 17.3 Å². The van der Waals surface area contributed by atoms with Crippen LogP contribution in [0.3, 0.4) is 0 Å². The normalized spacial score (nSPS) is 17.9. The summed E-state index contributed by atoms with van der Waals surface area (Å²) in [5.41, 5.74) is 3.61. The molecule has 11 nitrogen and oxygen atoms in total. The molecule has 282 valence electrons. The van der Waals surface area contributed by atoms with Crippen molar-refractivity contribution in [1.82, 2.24) is 19.4 Å². The molecule has 3 aromatic carbocycles. The molecule has 2 aliphatic heterocycles. The molecule has 2 aliphatic rings. The zero-order valence-electron chi connectivity index (χ0n) is 31.5. The van der Waals surface area contributed by atoms with E-state index in [4.69, 9.17) is 23.6 Å². The van der Waals surface area contributed by atoms with Gasteiger partial charge in [0.25, 0.3) is 5.91 Å². The molecule has 1 atom stereocenters. The van der Waals surface area contributed by atoms with Crippen molar-refractivity contribution >= 4 is 28.7 Å². The van der Waals surface area contributed by atoms with Gasteiger partial charge in [0, 0.05) is 36.9 Å². The van der Waals surface area contributed by atoms with E-state index in [1.54, 1.807) is 19.4 Å².